The zero-order valence-electron chi connectivity index (χ0n) is 14.5. The van der Waals surface area contributed by atoms with Crippen molar-refractivity contribution in [2.45, 2.75) is 26.9 Å². The summed E-state index contributed by atoms with van der Waals surface area (Å²) in [4.78, 5) is 16.3. The highest BCUT2D eigenvalue weighted by Gasteiger charge is 2.12. The first-order chi connectivity index (χ1) is 12.0. The number of oxazole rings is 1. The third kappa shape index (κ3) is 4.06. The largest absolute Gasteiger partial charge is 0.444 e. The normalized spacial score (nSPS) is 10.7. The Morgan fingerprint density at radius 1 is 1.16 bits per heavy atom. The molecule has 7 heteroatoms. The van der Waals surface area contributed by atoms with Gasteiger partial charge in [0.25, 0.3) is 0 Å². The van der Waals surface area contributed by atoms with E-state index in [1.807, 2.05) is 57.4 Å². The van der Waals surface area contributed by atoms with Crippen molar-refractivity contribution in [1.82, 2.24) is 25.4 Å². The molecular formula is C18H21N5O2. The maximum Gasteiger partial charge on any atom is 0.315 e. The number of nitrogens with one attached hydrogen (secondary N) is 2. The molecule has 2 heterocycles. The number of amides is 2. The molecule has 3 aromatic rings. The molecule has 25 heavy (non-hydrogen) atoms. The zero-order valence-corrected chi connectivity index (χ0v) is 14.5. The number of hydrogen-bond donors (Lipinski definition) is 2. The van der Waals surface area contributed by atoms with Crippen molar-refractivity contribution in [3.63, 3.8) is 0 Å². The molecule has 0 aliphatic carbocycles. The van der Waals surface area contributed by atoms with Gasteiger partial charge in [0.05, 0.1) is 17.9 Å². The summed E-state index contributed by atoms with van der Waals surface area (Å²) in [7, 11) is 1.86. The third-order valence-corrected chi connectivity index (χ3v) is 3.86. The van der Waals surface area contributed by atoms with Gasteiger partial charge in [-0.3, -0.25) is 4.68 Å². The fourth-order valence-corrected chi connectivity index (χ4v) is 2.51. The molecule has 130 valence electrons. The maximum absolute atomic E-state index is 12.0. The quantitative estimate of drug-likeness (QED) is 0.748. The van der Waals surface area contributed by atoms with Gasteiger partial charge >= 0.3 is 6.03 Å². The molecule has 0 atom stereocenters. The molecule has 0 fully saturated rings. The minimum absolute atomic E-state index is 0.249. The van der Waals surface area contributed by atoms with Crippen LogP contribution >= 0.6 is 0 Å². The SMILES string of the molecule is Cc1nc(CNC(=O)NCc2cn(C)nc2-c2ccccc2)oc1C. The van der Waals surface area contributed by atoms with E-state index < -0.39 is 0 Å². The van der Waals surface area contributed by atoms with E-state index in [-0.39, 0.29) is 12.6 Å². The minimum atomic E-state index is -0.281. The molecule has 2 amide bonds. The summed E-state index contributed by atoms with van der Waals surface area (Å²) in [6.07, 6.45) is 1.91. The molecule has 1 aromatic carbocycles. The summed E-state index contributed by atoms with van der Waals surface area (Å²) in [5.41, 5.74) is 3.67. The van der Waals surface area contributed by atoms with Crippen LogP contribution in [0.15, 0.2) is 40.9 Å². The van der Waals surface area contributed by atoms with Crippen LogP contribution in [0.5, 0.6) is 0 Å². The first-order valence-electron chi connectivity index (χ1n) is 8.05. The van der Waals surface area contributed by atoms with Crippen LogP contribution in [0.25, 0.3) is 11.3 Å². The number of benzene rings is 1. The monoisotopic (exact) mass is 339 g/mol. The Morgan fingerprint density at radius 3 is 2.56 bits per heavy atom. The summed E-state index contributed by atoms with van der Waals surface area (Å²) in [5, 5.41) is 10.1. The van der Waals surface area contributed by atoms with E-state index in [2.05, 4.69) is 20.7 Å². The van der Waals surface area contributed by atoms with Gasteiger partial charge in [-0.15, -0.1) is 0 Å². The molecule has 7 nitrogen and oxygen atoms in total. The van der Waals surface area contributed by atoms with E-state index >= 15 is 0 Å². The van der Waals surface area contributed by atoms with E-state index in [9.17, 15) is 4.79 Å². The number of urea groups is 1. The van der Waals surface area contributed by atoms with E-state index in [1.54, 1.807) is 4.68 Å². The number of carbonyl (C=O) groups is 1. The van der Waals surface area contributed by atoms with Crippen LogP contribution < -0.4 is 10.6 Å². The van der Waals surface area contributed by atoms with Crippen LogP contribution in [0.1, 0.15) is 22.9 Å². The Hall–Kier alpha value is -3.09. The van der Waals surface area contributed by atoms with Crippen LogP contribution in [0.3, 0.4) is 0 Å². The van der Waals surface area contributed by atoms with Crippen molar-refractivity contribution in [1.29, 1.82) is 0 Å². The van der Waals surface area contributed by atoms with Crippen LogP contribution in [0.2, 0.25) is 0 Å². The maximum atomic E-state index is 12.0. The topological polar surface area (TPSA) is 85.0 Å². The van der Waals surface area contributed by atoms with Gasteiger partial charge < -0.3 is 15.1 Å². The highest BCUT2D eigenvalue weighted by Crippen LogP contribution is 2.21. The first-order valence-corrected chi connectivity index (χ1v) is 8.05. The Morgan fingerprint density at radius 2 is 1.88 bits per heavy atom. The Bertz CT molecular complexity index is 847. The Kier molecular flexibility index (Phi) is 4.83. The standard InChI is InChI=1S/C18H21N5O2/c1-12-13(2)25-16(21-12)10-20-18(24)19-9-15-11-23(3)22-17(15)14-7-5-4-6-8-14/h4-8,11H,9-10H2,1-3H3,(H2,19,20,24). The summed E-state index contributed by atoms with van der Waals surface area (Å²) in [5.74, 6) is 1.26. The van der Waals surface area contributed by atoms with E-state index in [0.29, 0.717) is 12.4 Å². The van der Waals surface area contributed by atoms with Crippen LogP contribution in [0.4, 0.5) is 4.79 Å². The fourth-order valence-electron chi connectivity index (χ4n) is 2.51. The predicted octanol–water partition coefficient (Wildman–Crippen LogP) is 2.69. The lowest BCUT2D eigenvalue weighted by Crippen LogP contribution is -2.34. The molecule has 0 saturated carbocycles. The lowest BCUT2D eigenvalue weighted by molar-refractivity contribution is 0.239. The molecule has 2 N–H and O–H groups in total. The van der Waals surface area contributed by atoms with Crippen molar-refractivity contribution in [2.24, 2.45) is 7.05 Å². The third-order valence-electron chi connectivity index (χ3n) is 3.86. The lowest BCUT2D eigenvalue weighted by Gasteiger charge is -2.06. The van der Waals surface area contributed by atoms with Crippen molar-refractivity contribution in [3.05, 3.63) is 59.4 Å². The van der Waals surface area contributed by atoms with Gasteiger partial charge in [-0.1, -0.05) is 30.3 Å². The average molecular weight is 339 g/mol. The second-order valence-electron chi connectivity index (χ2n) is 5.83. The summed E-state index contributed by atoms with van der Waals surface area (Å²) in [6, 6.07) is 9.61. The highest BCUT2D eigenvalue weighted by molar-refractivity contribution is 5.74. The smallest absolute Gasteiger partial charge is 0.315 e. The summed E-state index contributed by atoms with van der Waals surface area (Å²) in [6.45, 7) is 4.35. The second kappa shape index (κ2) is 7.21. The van der Waals surface area contributed by atoms with Crippen molar-refractivity contribution >= 4 is 6.03 Å². The number of nitrogens with zero attached hydrogens (tertiary/aromatic N) is 3. The molecule has 0 aliphatic heterocycles. The number of aryl methyl sites for hydroxylation is 3. The van der Waals surface area contributed by atoms with Gasteiger partial charge in [-0.05, 0) is 13.8 Å². The van der Waals surface area contributed by atoms with E-state index in [4.69, 9.17) is 4.42 Å². The molecule has 2 aromatic heterocycles. The van der Waals surface area contributed by atoms with Crippen molar-refractivity contribution in [2.75, 3.05) is 0 Å². The number of aromatic nitrogens is 3. The van der Waals surface area contributed by atoms with Crippen LogP contribution in [-0.2, 0) is 20.1 Å². The average Bonchev–Trinajstić information content (AvgIpc) is 3.14. The van der Waals surface area contributed by atoms with E-state index in [1.165, 1.54) is 0 Å². The molecule has 0 spiro atoms. The van der Waals surface area contributed by atoms with E-state index in [0.717, 1.165) is 28.3 Å². The Balaban J connectivity index is 1.59. The minimum Gasteiger partial charge on any atom is -0.444 e. The summed E-state index contributed by atoms with van der Waals surface area (Å²) < 4.78 is 7.19. The zero-order chi connectivity index (χ0) is 17.8. The molecule has 0 bridgehead atoms. The van der Waals surface area contributed by atoms with Gasteiger partial charge in [0.15, 0.2) is 0 Å². The predicted molar refractivity (Wildman–Crippen MR) is 93.7 cm³/mol. The van der Waals surface area contributed by atoms with Crippen LogP contribution in [-0.4, -0.2) is 20.8 Å². The van der Waals surface area contributed by atoms with Gasteiger partial charge in [0.1, 0.15) is 5.76 Å². The van der Waals surface area contributed by atoms with Crippen molar-refractivity contribution in [3.8, 4) is 11.3 Å². The van der Waals surface area contributed by atoms with Gasteiger partial charge in [-0.25, -0.2) is 9.78 Å². The van der Waals surface area contributed by atoms with Crippen LogP contribution in [0, 0.1) is 13.8 Å². The van der Waals surface area contributed by atoms with Gasteiger partial charge in [0, 0.05) is 30.9 Å². The molecule has 0 unspecified atom stereocenters. The molecule has 0 saturated heterocycles. The lowest BCUT2D eigenvalue weighted by atomic mass is 10.1. The molecule has 0 radical (unpaired) electrons. The fraction of sp³-hybridized carbons (Fsp3) is 0.278. The van der Waals surface area contributed by atoms with Gasteiger partial charge in [0.2, 0.25) is 5.89 Å². The Labute approximate surface area is 146 Å². The number of hydrogen-bond acceptors (Lipinski definition) is 4. The van der Waals surface area contributed by atoms with Gasteiger partial charge in [-0.2, -0.15) is 5.10 Å². The second-order valence-corrected chi connectivity index (χ2v) is 5.83. The number of carbonyl (C=O) groups excluding carboxylic acids is 1. The van der Waals surface area contributed by atoms with Crippen molar-refractivity contribution < 1.29 is 9.21 Å². The molecule has 0 aliphatic rings. The first kappa shape index (κ1) is 16.8. The highest BCUT2D eigenvalue weighted by atomic mass is 16.4. The molecular weight excluding hydrogens is 318 g/mol. The molecule has 3 rings (SSSR count). The number of rotatable bonds is 5. The summed E-state index contributed by atoms with van der Waals surface area (Å²) >= 11 is 0.